The van der Waals surface area contributed by atoms with Gasteiger partial charge in [-0.25, -0.2) is 0 Å². The zero-order valence-electron chi connectivity index (χ0n) is 13.0. The molecule has 5 nitrogen and oxygen atoms in total. The predicted octanol–water partition coefficient (Wildman–Crippen LogP) is 2.55. The molecule has 1 saturated carbocycles. The fourth-order valence-electron chi connectivity index (χ4n) is 3.92. The van der Waals surface area contributed by atoms with Gasteiger partial charge in [-0.3, -0.25) is 4.68 Å². The van der Waals surface area contributed by atoms with Crippen molar-refractivity contribution in [3.63, 3.8) is 0 Å². The summed E-state index contributed by atoms with van der Waals surface area (Å²) in [6.07, 6.45) is 7.28. The molecule has 2 aliphatic heterocycles. The zero-order valence-corrected chi connectivity index (χ0v) is 13.0. The Hall–Kier alpha value is -1.65. The van der Waals surface area contributed by atoms with E-state index < -0.39 is 0 Å². The molecule has 0 unspecified atom stereocenters. The summed E-state index contributed by atoms with van der Waals surface area (Å²) >= 11 is 0. The number of amidine groups is 1. The fourth-order valence-corrected chi connectivity index (χ4v) is 3.92. The zero-order chi connectivity index (χ0) is 14.4. The highest BCUT2D eigenvalue weighted by atomic mass is 15.4. The Bertz CT molecular complexity index is 619. The highest BCUT2D eigenvalue weighted by Crippen LogP contribution is 2.34. The Morgan fingerprint density at radius 2 is 2.00 bits per heavy atom. The normalized spacial score (nSPS) is 21.9. The maximum atomic E-state index is 4.96. The minimum absolute atomic E-state index is 0.564. The van der Waals surface area contributed by atoms with Crippen LogP contribution >= 0.6 is 0 Å². The summed E-state index contributed by atoms with van der Waals surface area (Å²) in [5.74, 6) is 1.06. The molecule has 0 N–H and O–H groups in total. The standard InChI is InChI=1S/C16H23N5/c1-3-14-13-8-9-20-10-11(2)17-18-16(20)15(13)21(19-14)12-6-4-5-7-12/h12H,3-10H2,1-2H3. The van der Waals surface area contributed by atoms with Crippen molar-refractivity contribution in [2.45, 2.75) is 58.4 Å². The molecule has 1 fully saturated rings. The first kappa shape index (κ1) is 13.0. The number of aryl methyl sites for hydroxylation is 1. The minimum atomic E-state index is 0.564. The van der Waals surface area contributed by atoms with Crippen molar-refractivity contribution in [2.24, 2.45) is 10.2 Å². The van der Waals surface area contributed by atoms with Crippen LogP contribution in [0, 0.1) is 0 Å². The summed E-state index contributed by atoms with van der Waals surface area (Å²) in [7, 11) is 0. The van der Waals surface area contributed by atoms with E-state index >= 15 is 0 Å². The van der Waals surface area contributed by atoms with E-state index in [-0.39, 0.29) is 0 Å². The third-order valence-corrected chi connectivity index (χ3v) is 4.98. The molecule has 21 heavy (non-hydrogen) atoms. The molecule has 1 aromatic rings. The van der Waals surface area contributed by atoms with E-state index in [9.17, 15) is 0 Å². The van der Waals surface area contributed by atoms with Crippen LogP contribution in [0.15, 0.2) is 10.2 Å². The molecule has 0 bridgehead atoms. The highest BCUT2D eigenvalue weighted by molar-refractivity contribution is 6.04. The lowest BCUT2D eigenvalue weighted by Crippen LogP contribution is -2.43. The van der Waals surface area contributed by atoms with Gasteiger partial charge in [0.2, 0.25) is 0 Å². The molecular formula is C16H23N5. The van der Waals surface area contributed by atoms with Crippen LogP contribution in [0.25, 0.3) is 0 Å². The summed E-state index contributed by atoms with van der Waals surface area (Å²) < 4.78 is 2.29. The van der Waals surface area contributed by atoms with Crippen molar-refractivity contribution in [1.29, 1.82) is 0 Å². The van der Waals surface area contributed by atoms with E-state index in [1.807, 2.05) is 0 Å². The molecule has 0 atom stereocenters. The van der Waals surface area contributed by atoms with Gasteiger partial charge in [-0.2, -0.15) is 10.2 Å². The molecule has 112 valence electrons. The SMILES string of the molecule is CCc1nn(C2CCCC2)c2c1CCN1CC(C)=NN=C21. The molecule has 0 amide bonds. The number of rotatable bonds is 2. The monoisotopic (exact) mass is 285 g/mol. The third-order valence-electron chi connectivity index (χ3n) is 4.98. The van der Waals surface area contributed by atoms with Crippen LogP contribution in [-0.4, -0.2) is 39.3 Å². The summed E-state index contributed by atoms with van der Waals surface area (Å²) in [5, 5.41) is 13.8. The van der Waals surface area contributed by atoms with Crippen molar-refractivity contribution in [1.82, 2.24) is 14.7 Å². The van der Waals surface area contributed by atoms with E-state index in [1.165, 1.54) is 42.6 Å². The van der Waals surface area contributed by atoms with Crippen LogP contribution < -0.4 is 0 Å². The summed E-state index contributed by atoms with van der Waals surface area (Å²) in [6.45, 7) is 6.22. The van der Waals surface area contributed by atoms with E-state index in [4.69, 9.17) is 5.10 Å². The summed E-state index contributed by atoms with van der Waals surface area (Å²) in [5.41, 5.74) is 5.06. The van der Waals surface area contributed by atoms with E-state index in [0.29, 0.717) is 6.04 Å². The van der Waals surface area contributed by atoms with Crippen molar-refractivity contribution in [3.05, 3.63) is 17.0 Å². The Kier molecular flexibility index (Phi) is 3.08. The topological polar surface area (TPSA) is 45.8 Å². The molecule has 0 aromatic carbocycles. The maximum absolute atomic E-state index is 4.96. The van der Waals surface area contributed by atoms with Gasteiger partial charge in [0.15, 0.2) is 5.84 Å². The lowest BCUT2D eigenvalue weighted by molar-refractivity contribution is 0.426. The first-order valence-electron chi connectivity index (χ1n) is 8.24. The predicted molar refractivity (Wildman–Crippen MR) is 84.0 cm³/mol. The molecule has 0 spiro atoms. The van der Waals surface area contributed by atoms with E-state index in [2.05, 4.69) is 33.6 Å². The van der Waals surface area contributed by atoms with Gasteiger partial charge in [0.1, 0.15) is 5.69 Å². The average molecular weight is 285 g/mol. The van der Waals surface area contributed by atoms with Gasteiger partial charge in [0.05, 0.1) is 24.0 Å². The van der Waals surface area contributed by atoms with Crippen LogP contribution in [0.1, 0.15) is 62.5 Å². The van der Waals surface area contributed by atoms with Crippen molar-refractivity contribution in [3.8, 4) is 0 Å². The third kappa shape index (κ3) is 2.01. The molecule has 0 saturated heterocycles. The van der Waals surface area contributed by atoms with Crippen molar-refractivity contribution in [2.75, 3.05) is 13.1 Å². The van der Waals surface area contributed by atoms with Gasteiger partial charge in [0.25, 0.3) is 0 Å². The smallest absolute Gasteiger partial charge is 0.177 e. The lowest BCUT2D eigenvalue weighted by Gasteiger charge is -2.32. The summed E-state index contributed by atoms with van der Waals surface area (Å²) in [6, 6.07) is 0.564. The number of nitrogens with zero attached hydrogens (tertiary/aromatic N) is 5. The molecule has 0 radical (unpaired) electrons. The van der Waals surface area contributed by atoms with Gasteiger partial charge in [-0.1, -0.05) is 19.8 Å². The van der Waals surface area contributed by atoms with E-state index in [0.717, 1.165) is 37.5 Å². The fraction of sp³-hybridized carbons (Fsp3) is 0.688. The summed E-state index contributed by atoms with van der Waals surface area (Å²) in [4.78, 5) is 2.37. The molecular weight excluding hydrogens is 262 g/mol. The molecule has 1 aromatic heterocycles. The van der Waals surface area contributed by atoms with Crippen LogP contribution in [0.5, 0.6) is 0 Å². The Labute approximate surface area is 125 Å². The van der Waals surface area contributed by atoms with Crippen molar-refractivity contribution >= 4 is 11.5 Å². The first-order chi connectivity index (χ1) is 10.3. The number of hydrogen-bond donors (Lipinski definition) is 0. The maximum Gasteiger partial charge on any atom is 0.177 e. The van der Waals surface area contributed by atoms with Gasteiger partial charge in [0, 0.05) is 12.1 Å². The molecule has 4 rings (SSSR count). The van der Waals surface area contributed by atoms with E-state index in [1.54, 1.807) is 0 Å². The number of fused-ring (bicyclic) bond motifs is 3. The Morgan fingerprint density at radius 1 is 1.19 bits per heavy atom. The van der Waals surface area contributed by atoms with Gasteiger partial charge in [-0.15, -0.1) is 5.10 Å². The van der Waals surface area contributed by atoms with Gasteiger partial charge >= 0.3 is 0 Å². The van der Waals surface area contributed by atoms with Crippen LogP contribution in [0.2, 0.25) is 0 Å². The second-order valence-corrected chi connectivity index (χ2v) is 6.44. The van der Waals surface area contributed by atoms with Crippen molar-refractivity contribution < 1.29 is 0 Å². The number of hydrogen-bond acceptors (Lipinski definition) is 4. The Balaban J connectivity index is 1.85. The lowest BCUT2D eigenvalue weighted by atomic mass is 10.0. The molecule has 3 aliphatic rings. The minimum Gasteiger partial charge on any atom is -0.347 e. The van der Waals surface area contributed by atoms with Gasteiger partial charge < -0.3 is 4.90 Å². The molecule has 5 heteroatoms. The Morgan fingerprint density at radius 3 is 2.76 bits per heavy atom. The largest absolute Gasteiger partial charge is 0.347 e. The van der Waals surface area contributed by atoms with Gasteiger partial charge in [-0.05, 0) is 32.6 Å². The number of aromatic nitrogens is 2. The average Bonchev–Trinajstić information content (AvgIpc) is 3.13. The first-order valence-corrected chi connectivity index (χ1v) is 8.24. The molecule has 1 aliphatic carbocycles. The second kappa shape index (κ2) is 4.97. The molecule has 3 heterocycles. The highest BCUT2D eigenvalue weighted by Gasteiger charge is 2.34. The second-order valence-electron chi connectivity index (χ2n) is 6.44. The van der Waals surface area contributed by atoms with Crippen LogP contribution in [0.4, 0.5) is 0 Å². The quantitative estimate of drug-likeness (QED) is 0.838. The van der Waals surface area contributed by atoms with Crippen LogP contribution in [-0.2, 0) is 12.8 Å². The van der Waals surface area contributed by atoms with Crippen LogP contribution in [0.3, 0.4) is 0 Å².